The summed E-state index contributed by atoms with van der Waals surface area (Å²) in [5.74, 6) is 0. The molecule has 0 aliphatic carbocycles. The molecule has 0 saturated carbocycles. The number of carbonyl (C=O) groups excluding carboxylic acids is 1. The van der Waals surface area contributed by atoms with Gasteiger partial charge in [0, 0.05) is 19.0 Å². The number of hydrogen-bond acceptors (Lipinski definition) is 3. The summed E-state index contributed by atoms with van der Waals surface area (Å²) in [6, 6.07) is -0.115. The van der Waals surface area contributed by atoms with Crippen molar-refractivity contribution in [3.8, 4) is 0 Å². The van der Waals surface area contributed by atoms with E-state index in [1.807, 2.05) is 0 Å². The zero-order valence-corrected chi connectivity index (χ0v) is 7.49. The molecular formula is C8H14N4O. The highest BCUT2D eigenvalue weighted by Gasteiger charge is 2.34. The number of fused-ring (bicyclic) bond motifs is 1. The van der Waals surface area contributed by atoms with Crippen LogP contribution in [0.15, 0.2) is 5.10 Å². The fraction of sp³-hybridized carbons (Fsp3) is 0.750. The Morgan fingerprint density at radius 1 is 1.62 bits per heavy atom. The molecule has 1 unspecified atom stereocenters. The molecule has 2 fully saturated rings. The highest BCUT2D eigenvalue weighted by Crippen LogP contribution is 2.25. The molecule has 2 amide bonds. The molecule has 2 rings (SSSR count). The number of carbonyl (C=O) groups is 1. The van der Waals surface area contributed by atoms with Gasteiger partial charge in [0.1, 0.15) is 0 Å². The van der Waals surface area contributed by atoms with Crippen molar-refractivity contribution in [2.24, 2.45) is 10.8 Å². The van der Waals surface area contributed by atoms with Crippen LogP contribution in [-0.2, 0) is 0 Å². The first-order chi connectivity index (χ1) is 6.27. The molecule has 5 heteroatoms. The second-order valence-electron chi connectivity index (χ2n) is 3.52. The fourth-order valence-corrected chi connectivity index (χ4v) is 2.15. The van der Waals surface area contributed by atoms with Gasteiger partial charge in [0.15, 0.2) is 0 Å². The lowest BCUT2D eigenvalue weighted by Crippen LogP contribution is -2.30. The average Bonchev–Trinajstić information content (AvgIpc) is 2.60. The first-order valence-corrected chi connectivity index (χ1v) is 4.63. The second-order valence-corrected chi connectivity index (χ2v) is 3.52. The van der Waals surface area contributed by atoms with Crippen molar-refractivity contribution in [1.82, 2.24) is 10.3 Å². The Morgan fingerprint density at radius 2 is 2.46 bits per heavy atom. The van der Waals surface area contributed by atoms with Crippen molar-refractivity contribution in [2.75, 3.05) is 13.1 Å². The molecular weight excluding hydrogens is 168 g/mol. The van der Waals surface area contributed by atoms with Gasteiger partial charge in [0.25, 0.3) is 0 Å². The van der Waals surface area contributed by atoms with Crippen molar-refractivity contribution in [1.29, 1.82) is 0 Å². The number of nitrogens with two attached hydrogens (primary N) is 1. The number of amides is 2. The van der Waals surface area contributed by atoms with Gasteiger partial charge in [0.05, 0.1) is 5.71 Å². The van der Waals surface area contributed by atoms with E-state index in [4.69, 9.17) is 5.73 Å². The van der Waals surface area contributed by atoms with Gasteiger partial charge < -0.3 is 5.73 Å². The molecule has 2 aliphatic heterocycles. The molecule has 13 heavy (non-hydrogen) atoms. The van der Waals surface area contributed by atoms with Gasteiger partial charge in [-0.2, -0.15) is 5.10 Å². The third kappa shape index (κ3) is 1.65. The maximum atomic E-state index is 10.4. The van der Waals surface area contributed by atoms with Crippen LogP contribution in [0.2, 0.25) is 0 Å². The Labute approximate surface area is 77.0 Å². The standard InChI is InChI=1S/C8H14N4O/c9-8(13)11-10-6-3-5-12-4-1-2-7(6)12/h7H,1-5H2,(H3,9,11,13)/b10-6-. The van der Waals surface area contributed by atoms with E-state index in [2.05, 4.69) is 15.4 Å². The number of rotatable bonds is 1. The lowest BCUT2D eigenvalue weighted by molar-refractivity contribution is 0.249. The maximum absolute atomic E-state index is 10.4. The molecule has 0 aromatic carbocycles. The Morgan fingerprint density at radius 3 is 3.23 bits per heavy atom. The summed E-state index contributed by atoms with van der Waals surface area (Å²) in [4.78, 5) is 12.8. The van der Waals surface area contributed by atoms with Crippen LogP contribution in [0.1, 0.15) is 19.3 Å². The normalized spacial score (nSPS) is 30.8. The maximum Gasteiger partial charge on any atom is 0.332 e. The molecule has 72 valence electrons. The van der Waals surface area contributed by atoms with Gasteiger partial charge >= 0.3 is 6.03 Å². The number of primary amides is 1. The van der Waals surface area contributed by atoms with Gasteiger partial charge in [-0.15, -0.1) is 0 Å². The Hall–Kier alpha value is -1.10. The van der Waals surface area contributed by atoms with Gasteiger partial charge in [-0.1, -0.05) is 0 Å². The highest BCUT2D eigenvalue weighted by molar-refractivity contribution is 5.92. The van der Waals surface area contributed by atoms with Crippen LogP contribution in [0.3, 0.4) is 0 Å². The van der Waals surface area contributed by atoms with Crippen molar-refractivity contribution in [3.05, 3.63) is 0 Å². The van der Waals surface area contributed by atoms with E-state index in [0.717, 1.165) is 18.7 Å². The van der Waals surface area contributed by atoms with E-state index in [9.17, 15) is 4.79 Å². The van der Waals surface area contributed by atoms with Crippen LogP contribution in [0.5, 0.6) is 0 Å². The fourth-order valence-electron chi connectivity index (χ4n) is 2.15. The summed E-state index contributed by atoms with van der Waals surface area (Å²) < 4.78 is 0. The van der Waals surface area contributed by atoms with E-state index in [0.29, 0.717) is 6.04 Å². The first kappa shape index (κ1) is 8.50. The van der Waals surface area contributed by atoms with Crippen LogP contribution < -0.4 is 11.2 Å². The molecule has 0 radical (unpaired) electrons. The minimum atomic E-state index is -0.580. The summed E-state index contributed by atoms with van der Waals surface area (Å²) in [6.07, 6.45) is 3.37. The summed E-state index contributed by atoms with van der Waals surface area (Å²) >= 11 is 0. The molecule has 0 bridgehead atoms. The van der Waals surface area contributed by atoms with Crippen LogP contribution >= 0.6 is 0 Å². The molecule has 0 aromatic rings. The second kappa shape index (κ2) is 3.33. The zero-order valence-electron chi connectivity index (χ0n) is 7.49. The van der Waals surface area contributed by atoms with Gasteiger partial charge in [-0.05, 0) is 19.4 Å². The quantitative estimate of drug-likeness (QED) is 0.555. The van der Waals surface area contributed by atoms with Crippen LogP contribution in [0, 0.1) is 0 Å². The van der Waals surface area contributed by atoms with E-state index in [1.54, 1.807) is 0 Å². The van der Waals surface area contributed by atoms with Crippen molar-refractivity contribution in [3.63, 3.8) is 0 Å². The van der Waals surface area contributed by atoms with E-state index in [-0.39, 0.29) is 0 Å². The van der Waals surface area contributed by atoms with Crippen LogP contribution in [0.4, 0.5) is 4.79 Å². The number of nitrogens with zero attached hydrogens (tertiary/aromatic N) is 2. The lowest BCUT2D eigenvalue weighted by Gasteiger charge is -2.12. The van der Waals surface area contributed by atoms with Crippen molar-refractivity contribution >= 4 is 11.7 Å². The lowest BCUT2D eigenvalue weighted by atomic mass is 10.1. The predicted octanol–water partition coefficient (Wildman–Crippen LogP) is -0.121. The molecule has 3 N–H and O–H groups in total. The van der Waals surface area contributed by atoms with Gasteiger partial charge in [0.2, 0.25) is 0 Å². The largest absolute Gasteiger partial charge is 0.350 e. The molecule has 0 aromatic heterocycles. The monoisotopic (exact) mass is 182 g/mol. The Balaban J connectivity index is 2.00. The number of nitrogens with one attached hydrogen (secondary N) is 1. The minimum Gasteiger partial charge on any atom is -0.350 e. The molecule has 2 aliphatic rings. The van der Waals surface area contributed by atoms with Crippen LogP contribution in [0.25, 0.3) is 0 Å². The molecule has 5 nitrogen and oxygen atoms in total. The average molecular weight is 182 g/mol. The summed E-state index contributed by atoms with van der Waals surface area (Å²) in [6.45, 7) is 2.24. The van der Waals surface area contributed by atoms with E-state index >= 15 is 0 Å². The molecule has 2 heterocycles. The zero-order chi connectivity index (χ0) is 9.26. The van der Waals surface area contributed by atoms with Crippen molar-refractivity contribution in [2.45, 2.75) is 25.3 Å². The van der Waals surface area contributed by atoms with Crippen molar-refractivity contribution < 1.29 is 4.79 Å². The van der Waals surface area contributed by atoms with Gasteiger partial charge in [-0.25, -0.2) is 10.2 Å². The summed E-state index contributed by atoms with van der Waals surface area (Å²) in [5, 5.41) is 4.02. The molecule has 1 atom stereocenters. The highest BCUT2D eigenvalue weighted by atomic mass is 16.2. The molecule has 0 spiro atoms. The van der Waals surface area contributed by atoms with Gasteiger partial charge in [-0.3, -0.25) is 4.90 Å². The summed E-state index contributed by atoms with van der Waals surface area (Å²) in [7, 11) is 0. The third-order valence-electron chi connectivity index (χ3n) is 2.71. The number of urea groups is 1. The molecule has 2 saturated heterocycles. The summed E-state index contributed by atoms with van der Waals surface area (Å²) in [5.41, 5.74) is 8.32. The number of hydrazone groups is 1. The topological polar surface area (TPSA) is 70.7 Å². The first-order valence-electron chi connectivity index (χ1n) is 4.63. The van der Waals surface area contributed by atoms with Crippen LogP contribution in [-0.4, -0.2) is 35.8 Å². The SMILES string of the molecule is NC(=O)N/N=C1/CCN2CCCC12. The predicted molar refractivity (Wildman–Crippen MR) is 49.4 cm³/mol. The Kier molecular flexibility index (Phi) is 2.18. The van der Waals surface area contributed by atoms with E-state index in [1.165, 1.54) is 19.4 Å². The smallest absolute Gasteiger partial charge is 0.332 e. The number of hydrogen-bond donors (Lipinski definition) is 2. The van der Waals surface area contributed by atoms with E-state index < -0.39 is 6.03 Å². The minimum absolute atomic E-state index is 0.465. The Bertz CT molecular complexity index is 251. The third-order valence-corrected chi connectivity index (χ3v) is 2.71.